The minimum atomic E-state index is -0.849. The summed E-state index contributed by atoms with van der Waals surface area (Å²) in [5.41, 5.74) is 2.09. The third-order valence-electron chi connectivity index (χ3n) is 3.13. The van der Waals surface area contributed by atoms with Gasteiger partial charge in [-0.2, -0.15) is 0 Å². The van der Waals surface area contributed by atoms with Gasteiger partial charge >= 0.3 is 5.97 Å². The van der Waals surface area contributed by atoms with Gasteiger partial charge in [-0.05, 0) is 25.0 Å². The van der Waals surface area contributed by atoms with Crippen molar-refractivity contribution in [2.75, 3.05) is 17.2 Å². The van der Waals surface area contributed by atoms with Crippen molar-refractivity contribution in [2.24, 2.45) is 0 Å². The summed E-state index contributed by atoms with van der Waals surface area (Å²) in [6.07, 6.45) is 0.749. The molecule has 1 aromatic rings. The number of para-hydroxylation sites is 1. The first kappa shape index (κ1) is 13.9. The van der Waals surface area contributed by atoms with Crippen molar-refractivity contribution in [3.8, 4) is 0 Å². The SMILES string of the molecule is Cc1cccc2c1N(C(=O)CCCC(=O)O)CCS2. The van der Waals surface area contributed by atoms with Crippen molar-refractivity contribution in [3.63, 3.8) is 0 Å². The van der Waals surface area contributed by atoms with Crippen molar-refractivity contribution in [3.05, 3.63) is 23.8 Å². The van der Waals surface area contributed by atoms with Gasteiger partial charge in [0.25, 0.3) is 0 Å². The number of aryl methyl sites for hydroxylation is 1. The number of thioether (sulfide) groups is 1. The van der Waals surface area contributed by atoms with Crippen LogP contribution in [-0.4, -0.2) is 29.3 Å². The first-order valence-corrected chi connectivity index (χ1v) is 7.32. The highest BCUT2D eigenvalue weighted by Crippen LogP contribution is 2.37. The largest absolute Gasteiger partial charge is 0.481 e. The lowest BCUT2D eigenvalue weighted by atomic mass is 10.1. The zero-order valence-corrected chi connectivity index (χ0v) is 11.7. The number of amides is 1. The van der Waals surface area contributed by atoms with E-state index >= 15 is 0 Å². The lowest BCUT2D eigenvalue weighted by molar-refractivity contribution is -0.137. The second-order valence-electron chi connectivity index (χ2n) is 4.56. The number of carbonyl (C=O) groups excluding carboxylic acids is 1. The van der Waals surface area contributed by atoms with Gasteiger partial charge in [-0.25, -0.2) is 0 Å². The average molecular weight is 279 g/mol. The predicted octanol–water partition coefficient (Wildman–Crippen LogP) is 2.69. The van der Waals surface area contributed by atoms with Gasteiger partial charge in [0.05, 0.1) is 5.69 Å². The van der Waals surface area contributed by atoms with E-state index in [-0.39, 0.29) is 12.3 Å². The Morgan fingerprint density at radius 3 is 2.89 bits per heavy atom. The lowest BCUT2D eigenvalue weighted by Gasteiger charge is -2.30. The molecule has 2 rings (SSSR count). The van der Waals surface area contributed by atoms with Crippen LogP contribution in [0, 0.1) is 6.92 Å². The molecular formula is C14H17NO3S. The summed E-state index contributed by atoms with van der Waals surface area (Å²) in [6, 6.07) is 6.03. The Labute approximate surface area is 116 Å². The van der Waals surface area contributed by atoms with Crippen LogP contribution in [0.5, 0.6) is 0 Å². The van der Waals surface area contributed by atoms with Gasteiger partial charge in [-0.3, -0.25) is 9.59 Å². The maximum absolute atomic E-state index is 12.2. The molecule has 1 N–H and O–H groups in total. The second-order valence-corrected chi connectivity index (χ2v) is 5.70. The van der Waals surface area contributed by atoms with Crippen LogP contribution in [-0.2, 0) is 9.59 Å². The van der Waals surface area contributed by atoms with E-state index in [9.17, 15) is 9.59 Å². The molecule has 0 atom stereocenters. The smallest absolute Gasteiger partial charge is 0.303 e. The molecule has 1 aliphatic rings. The Bertz CT molecular complexity index is 501. The van der Waals surface area contributed by atoms with Crippen molar-refractivity contribution >= 4 is 29.3 Å². The molecule has 0 aromatic heterocycles. The summed E-state index contributed by atoms with van der Waals surface area (Å²) in [4.78, 5) is 25.6. The zero-order chi connectivity index (χ0) is 13.8. The Hall–Kier alpha value is -1.49. The van der Waals surface area contributed by atoms with Gasteiger partial charge < -0.3 is 10.0 Å². The third-order valence-corrected chi connectivity index (χ3v) is 4.15. The number of hydrogen-bond donors (Lipinski definition) is 1. The molecule has 1 aliphatic heterocycles. The fourth-order valence-electron chi connectivity index (χ4n) is 2.23. The molecule has 0 aliphatic carbocycles. The number of rotatable bonds is 4. The van der Waals surface area contributed by atoms with E-state index in [4.69, 9.17) is 5.11 Å². The molecule has 0 spiro atoms. The molecule has 0 saturated heterocycles. The Balaban J connectivity index is 2.10. The van der Waals surface area contributed by atoms with E-state index in [1.807, 2.05) is 30.0 Å². The van der Waals surface area contributed by atoms with Crippen LogP contribution in [0.4, 0.5) is 5.69 Å². The molecular weight excluding hydrogens is 262 g/mol. The molecule has 1 amide bonds. The summed E-state index contributed by atoms with van der Waals surface area (Å²) in [7, 11) is 0. The van der Waals surface area contributed by atoms with Gasteiger partial charge in [0, 0.05) is 30.0 Å². The standard InChI is InChI=1S/C14H17NO3S/c1-10-4-2-5-11-14(10)15(8-9-19-11)12(16)6-3-7-13(17)18/h2,4-5H,3,6-9H2,1H3,(H,17,18). The van der Waals surface area contributed by atoms with Crippen molar-refractivity contribution in [1.82, 2.24) is 0 Å². The fourth-order valence-corrected chi connectivity index (χ4v) is 3.30. The molecule has 4 nitrogen and oxygen atoms in total. The molecule has 1 heterocycles. The molecule has 0 unspecified atom stereocenters. The number of nitrogens with zero attached hydrogens (tertiary/aromatic N) is 1. The van der Waals surface area contributed by atoms with Crippen LogP contribution in [0.1, 0.15) is 24.8 Å². The monoisotopic (exact) mass is 279 g/mol. The van der Waals surface area contributed by atoms with E-state index in [1.165, 1.54) is 0 Å². The molecule has 19 heavy (non-hydrogen) atoms. The summed E-state index contributed by atoms with van der Waals surface area (Å²) < 4.78 is 0. The van der Waals surface area contributed by atoms with E-state index < -0.39 is 5.97 Å². The first-order valence-electron chi connectivity index (χ1n) is 6.34. The number of carbonyl (C=O) groups is 2. The lowest BCUT2D eigenvalue weighted by Crippen LogP contribution is -2.35. The normalized spacial score (nSPS) is 14.1. The van der Waals surface area contributed by atoms with E-state index in [0.29, 0.717) is 19.4 Å². The number of aliphatic carboxylic acids is 1. The summed E-state index contributed by atoms with van der Waals surface area (Å²) in [5, 5.41) is 8.61. The average Bonchev–Trinajstić information content (AvgIpc) is 2.38. The number of fused-ring (bicyclic) bond motifs is 1. The number of benzene rings is 1. The van der Waals surface area contributed by atoms with Crippen molar-refractivity contribution in [1.29, 1.82) is 0 Å². The molecule has 1 aromatic carbocycles. The summed E-state index contributed by atoms with van der Waals surface area (Å²) in [6.45, 7) is 2.71. The quantitative estimate of drug-likeness (QED) is 0.920. The van der Waals surface area contributed by atoms with Crippen molar-refractivity contribution < 1.29 is 14.7 Å². The van der Waals surface area contributed by atoms with Crippen LogP contribution in [0.3, 0.4) is 0 Å². The van der Waals surface area contributed by atoms with Crippen LogP contribution < -0.4 is 4.90 Å². The van der Waals surface area contributed by atoms with Gasteiger partial charge in [0.15, 0.2) is 0 Å². The molecule has 102 valence electrons. The Kier molecular flexibility index (Phi) is 4.47. The molecule has 0 saturated carbocycles. The van der Waals surface area contributed by atoms with Crippen LogP contribution in [0.2, 0.25) is 0 Å². The van der Waals surface area contributed by atoms with Crippen LogP contribution in [0.15, 0.2) is 23.1 Å². The number of carboxylic acids is 1. The fraction of sp³-hybridized carbons (Fsp3) is 0.429. The van der Waals surface area contributed by atoms with Crippen molar-refractivity contribution in [2.45, 2.75) is 31.1 Å². The van der Waals surface area contributed by atoms with E-state index in [0.717, 1.165) is 21.9 Å². The minimum absolute atomic E-state index is 0.0251. The number of anilines is 1. The number of carboxylic acid groups (broad SMARTS) is 1. The summed E-state index contributed by atoms with van der Waals surface area (Å²) >= 11 is 1.76. The second kappa shape index (κ2) is 6.10. The Morgan fingerprint density at radius 2 is 2.16 bits per heavy atom. The molecule has 0 bridgehead atoms. The number of hydrogen-bond acceptors (Lipinski definition) is 3. The minimum Gasteiger partial charge on any atom is -0.481 e. The van der Waals surface area contributed by atoms with Crippen LogP contribution in [0.25, 0.3) is 0 Å². The maximum Gasteiger partial charge on any atom is 0.303 e. The molecule has 5 heteroatoms. The predicted molar refractivity (Wildman–Crippen MR) is 75.7 cm³/mol. The third kappa shape index (κ3) is 3.29. The van der Waals surface area contributed by atoms with E-state index in [2.05, 4.69) is 0 Å². The highest BCUT2D eigenvalue weighted by Gasteiger charge is 2.24. The van der Waals surface area contributed by atoms with Crippen LogP contribution >= 0.6 is 11.8 Å². The maximum atomic E-state index is 12.2. The highest BCUT2D eigenvalue weighted by atomic mass is 32.2. The molecule has 0 fully saturated rings. The molecule has 0 radical (unpaired) electrons. The summed E-state index contributed by atoms with van der Waals surface area (Å²) in [5.74, 6) is 0.0666. The van der Waals surface area contributed by atoms with Gasteiger partial charge in [-0.1, -0.05) is 12.1 Å². The van der Waals surface area contributed by atoms with Gasteiger partial charge in [0.2, 0.25) is 5.91 Å². The zero-order valence-electron chi connectivity index (χ0n) is 10.9. The topological polar surface area (TPSA) is 57.6 Å². The highest BCUT2D eigenvalue weighted by molar-refractivity contribution is 7.99. The van der Waals surface area contributed by atoms with Gasteiger partial charge in [0.1, 0.15) is 0 Å². The van der Waals surface area contributed by atoms with E-state index in [1.54, 1.807) is 11.8 Å². The van der Waals surface area contributed by atoms with Gasteiger partial charge in [-0.15, -0.1) is 11.8 Å². The Morgan fingerprint density at radius 1 is 1.37 bits per heavy atom. The first-order chi connectivity index (χ1) is 9.09.